The molecule has 4 aromatic rings. The molecule has 0 aliphatic heterocycles. The summed E-state index contributed by atoms with van der Waals surface area (Å²) in [5.41, 5.74) is 2.65. The van der Waals surface area contributed by atoms with Gasteiger partial charge in [-0.2, -0.15) is 0 Å². The largest absolute Gasteiger partial charge is 0.338 e. The SMILES string of the molecule is Clc1cc(Cl)cc(Nc2nnc(-c3ccccc3)c3ccccc23)c1. The van der Waals surface area contributed by atoms with Crippen molar-refractivity contribution in [2.24, 2.45) is 0 Å². The number of hydrogen-bond donors (Lipinski definition) is 1. The highest BCUT2D eigenvalue weighted by Crippen LogP contribution is 2.32. The first-order chi connectivity index (χ1) is 12.2. The average Bonchev–Trinajstić information content (AvgIpc) is 2.62. The lowest BCUT2D eigenvalue weighted by Gasteiger charge is -2.11. The molecule has 3 nitrogen and oxygen atoms in total. The highest BCUT2D eigenvalue weighted by atomic mass is 35.5. The highest BCUT2D eigenvalue weighted by molar-refractivity contribution is 6.35. The second-order valence-corrected chi connectivity index (χ2v) is 6.46. The summed E-state index contributed by atoms with van der Waals surface area (Å²) in [7, 11) is 0. The van der Waals surface area contributed by atoms with Crippen LogP contribution in [0.25, 0.3) is 22.0 Å². The van der Waals surface area contributed by atoms with Gasteiger partial charge in [0.2, 0.25) is 0 Å². The Hall–Kier alpha value is -2.62. The molecule has 25 heavy (non-hydrogen) atoms. The van der Waals surface area contributed by atoms with Crippen molar-refractivity contribution in [1.29, 1.82) is 0 Å². The average molecular weight is 366 g/mol. The molecule has 1 heterocycles. The van der Waals surface area contributed by atoms with Gasteiger partial charge >= 0.3 is 0 Å². The van der Waals surface area contributed by atoms with E-state index in [1.807, 2.05) is 54.6 Å². The van der Waals surface area contributed by atoms with E-state index in [9.17, 15) is 0 Å². The molecule has 4 rings (SSSR count). The number of rotatable bonds is 3. The van der Waals surface area contributed by atoms with Crippen LogP contribution in [0.3, 0.4) is 0 Å². The fourth-order valence-corrected chi connectivity index (χ4v) is 3.29. The molecule has 0 aliphatic carbocycles. The summed E-state index contributed by atoms with van der Waals surface area (Å²) in [6, 6.07) is 23.4. The molecule has 0 unspecified atom stereocenters. The van der Waals surface area contributed by atoms with Gasteiger partial charge in [0.15, 0.2) is 5.82 Å². The summed E-state index contributed by atoms with van der Waals surface area (Å²) in [4.78, 5) is 0. The summed E-state index contributed by atoms with van der Waals surface area (Å²) in [5.74, 6) is 0.661. The molecule has 0 bridgehead atoms. The number of aromatic nitrogens is 2. The van der Waals surface area contributed by atoms with Crippen LogP contribution in [0.2, 0.25) is 10.0 Å². The second kappa shape index (κ2) is 6.71. The Morgan fingerprint density at radius 2 is 1.32 bits per heavy atom. The van der Waals surface area contributed by atoms with Gasteiger partial charge in [0.25, 0.3) is 0 Å². The van der Waals surface area contributed by atoms with E-state index in [0.717, 1.165) is 27.7 Å². The van der Waals surface area contributed by atoms with Crippen LogP contribution in [0.1, 0.15) is 0 Å². The lowest BCUT2D eigenvalue weighted by molar-refractivity contribution is 1.06. The molecule has 3 aromatic carbocycles. The number of nitrogens with one attached hydrogen (secondary N) is 1. The number of benzene rings is 3. The van der Waals surface area contributed by atoms with Crippen molar-refractivity contribution in [2.75, 3.05) is 5.32 Å². The van der Waals surface area contributed by atoms with Crippen molar-refractivity contribution in [2.45, 2.75) is 0 Å². The van der Waals surface area contributed by atoms with E-state index in [2.05, 4.69) is 15.5 Å². The molecule has 1 N–H and O–H groups in total. The van der Waals surface area contributed by atoms with Gasteiger partial charge in [0.1, 0.15) is 5.69 Å². The summed E-state index contributed by atoms with van der Waals surface area (Å²) in [6.07, 6.45) is 0. The lowest BCUT2D eigenvalue weighted by atomic mass is 10.0. The molecule has 0 radical (unpaired) electrons. The van der Waals surface area contributed by atoms with E-state index in [1.165, 1.54) is 0 Å². The van der Waals surface area contributed by atoms with Gasteiger partial charge in [-0.3, -0.25) is 0 Å². The Morgan fingerprint density at radius 1 is 0.680 bits per heavy atom. The fraction of sp³-hybridized carbons (Fsp3) is 0. The first-order valence-corrected chi connectivity index (χ1v) is 8.50. The predicted octanol–water partition coefficient (Wildman–Crippen LogP) is 6.35. The van der Waals surface area contributed by atoms with Crippen LogP contribution in [0.4, 0.5) is 11.5 Å². The van der Waals surface area contributed by atoms with Gasteiger partial charge in [-0.15, -0.1) is 10.2 Å². The second-order valence-electron chi connectivity index (χ2n) is 5.59. The zero-order chi connectivity index (χ0) is 17.2. The summed E-state index contributed by atoms with van der Waals surface area (Å²) in [5, 5.41) is 15.2. The maximum Gasteiger partial charge on any atom is 0.161 e. The van der Waals surface area contributed by atoms with Crippen LogP contribution in [0.15, 0.2) is 72.8 Å². The summed E-state index contributed by atoms with van der Waals surface area (Å²) < 4.78 is 0. The van der Waals surface area contributed by atoms with Crippen LogP contribution in [-0.4, -0.2) is 10.2 Å². The third-order valence-electron chi connectivity index (χ3n) is 3.86. The molecule has 5 heteroatoms. The molecule has 0 aliphatic rings. The Bertz CT molecular complexity index is 1030. The molecular weight excluding hydrogens is 353 g/mol. The molecule has 0 fully saturated rings. The first kappa shape index (κ1) is 15.9. The van der Waals surface area contributed by atoms with Crippen molar-refractivity contribution >= 4 is 45.5 Å². The minimum absolute atomic E-state index is 0.563. The highest BCUT2D eigenvalue weighted by Gasteiger charge is 2.11. The van der Waals surface area contributed by atoms with Gasteiger partial charge in [0.05, 0.1) is 0 Å². The number of fused-ring (bicyclic) bond motifs is 1. The normalized spacial score (nSPS) is 10.8. The van der Waals surface area contributed by atoms with Crippen molar-refractivity contribution in [3.63, 3.8) is 0 Å². The lowest BCUT2D eigenvalue weighted by Crippen LogP contribution is -1.99. The maximum atomic E-state index is 6.08. The summed E-state index contributed by atoms with van der Waals surface area (Å²) >= 11 is 12.2. The van der Waals surface area contributed by atoms with E-state index in [-0.39, 0.29) is 0 Å². The summed E-state index contributed by atoms with van der Waals surface area (Å²) in [6.45, 7) is 0. The molecule has 0 spiro atoms. The zero-order valence-corrected chi connectivity index (χ0v) is 14.6. The van der Waals surface area contributed by atoms with Gasteiger partial charge in [-0.25, -0.2) is 0 Å². The van der Waals surface area contributed by atoms with E-state index in [1.54, 1.807) is 18.2 Å². The van der Waals surface area contributed by atoms with Gasteiger partial charge in [-0.1, -0.05) is 77.8 Å². The predicted molar refractivity (Wildman–Crippen MR) is 105 cm³/mol. The number of hydrogen-bond acceptors (Lipinski definition) is 3. The maximum absolute atomic E-state index is 6.08. The Morgan fingerprint density at radius 3 is 2.04 bits per heavy atom. The number of anilines is 2. The third-order valence-corrected chi connectivity index (χ3v) is 4.30. The standard InChI is InChI=1S/C20H13Cl2N3/c21-14-10-15(22)12-16(11-14)23-20-18-9-5-4-8-17(18)19(24-25-20)13-6-2-1-3-7-13/h1-12H,(H,23,25). The molecule has 122 valence electrons. The van der Waals surface area contributed by atoms with Crippen molar-refractivity contribution in [3.8, 4) is 11.3 Å². The molecule has 0 saturated carbocycles. The smallest absolute Gasteiger partial charge is 0.161 e. The van der Waals surface area contributed by atoms with Crippen molar-refractivity contribution in [1.82, 2.24) is 10.2 Å². The van der Waals surface area contributed by atoms with Gasteiger partial charge in [-0.05, 0) is 18.2 Å². The molecule has 1 aromatic heterocycles. The number of halogens is 2. The molecule has 0 atom stereocenters. The van der Waals surface area contributed by atoms with Gasteiger partial charge < -0.3 is 5.32 Å². The van der Waals surface area contributed by atoms with Crippen LogP contribution in [0.5, 0.6) is 0 Å². The fourth-order valence-electron chi connectivity index (χ4n) is 2.77. The van der Waals surface area contributed by atoms with Crippen LogP contribution >= 0.6 is 23.2 Å². The van der Waals surface area contributed by atoms with Crippen molar-refractivity contribution < 1.29 is 0 Å². The van der Waals surface area contributed by atoms with Crippen LogP contribution in [0, 0.1) is 0 Å². The van der Waals surface area contributed by atoms with E-state index in [4.69, 9.17) is 23.2 Å². The van der Waals surface area contributed by atoms with E-state index in [0.29, 0.717) is 15.9 Å². The number of nitrogens with zero attached hydrogens (tertiary/aromatic N) is 2. The van der Waals surface area contributed by atoms with E-state index >= 15 is 0 Å². The Balaban J connectivity index is 1.84. The minimum Gasteiger partial charge on any atom is -0.338 e. The minimum atomic E-state index is 0.563. The third kappa shape index (κ3) is 3.29. The monoisotopic (exact) mass is 365 g/mol. The van der Waals surface area contributed by atoms with Crippen molar-refractivity contribution in [3.05, 3.63) is 82.8 Å². The molecular formula is C20H13Cl2N3. The first-order valence-electron chi connectivity index (χ1n) is 7.75. The molecule has 0 amide bonds. The topological polar surface area (TPSA) is 37.8 Å². The zero-order valence-electron chi connectivity index (χ0n) is 13.1. The Labute approximate surface area is 155 Å². The van der Waals surface area contributed by atoms with Crippen LogP contribution in [-0.2, 0) is 0 Å². The van der Waals surface area contributed by atoms with Gasteiger partial charge in [0, 0.05) is 32.1 Å². The van der Waals surface area contributed by atoms with Crippen LogP contribution < -0.4 is 5.32 Å². The van der Waals surface area contributed by atoms with E-state index < -0.39 is 0 Å². The molecule has 0 saturated heterocycles. The quantitative estimate of drug-likeness (QED) is 0.459. The Kier molecular flexibility index (Phi) is 4.26.